The van der Waals surface area contributed by atoms with E-state index in [4.69, 9.17) is 4.74 Å². The Kier molecular flexibility index (Phi) is 4.53. The Morgan fingerprint density at radius 2 is 1.34 bits per heavy atom. The molecule has 0 spiro atoms. The summed E-state index contributed by atoms with van der Waals surface area (Å²) in [6, 6.07) is 34.4. The molecule has 0 radical (unpaired) electrons. The molecular weight excluding hydrogens is 354 g/mol. The first kappa shape index (κ1) is 17.6. The SMILES string of the molecule is COc1ccc(N2CCc3c(-c4ccccc4)cc(-c4ccccc4)cc32)cc1. The highest BCUT2D eigenvalue weighted by atomic mass is 16.5. The summed E-state index contributed by atoms with van der Waals surface area (Å²) in [5.74, 6) is 0.885. The molecule has 2 nitrogen and oxygen atoms in total. The molecule has 2 heteroatoms. The van der Waals surface area contributed by atoms with Crippen molar-refractivity contribution >= 4 is 11.4 Å². The van der Waals surface area contributed by atoms with Crippen LogP contribution in [0.5, 0.6) is 5.75 Å². The van der Waals surface area contributed by atoms with E-state index in [1.165, 1.54) is 39.2 Å². The number of rotatable bonds is 4. The van der Waals surface area contributed by atoms with Gasteiger partial charge in [0.05, 0.1) is 7.11 Å². The van der Waals surface area contributed by atoms with Crippen LogP contribution in [0.2, 0.25) is 0 Å². The quantitative estimate of drug-likeness (QED) is 0.391. The number of methoxy groups -OCH3 is 1. The second kappa shape index (κ2) is 7.48. The number of hydrogen-bond donors (Lipinski definition) is 0. The van der Waals surface area contributed by atoms with Crippen molar-refractivity contribution in [2.45, 2.75) is 6.42 Å². The van der Waals surface area contributed by atoms with Crippen molar-refractivity contribution in [2.24, 2.45) is 0 Å². The first-order valence-electron chi connectivity index (χ1n) is 10.0. The summed E-state index contributed by atoms with van der Waals surface area (Å²) >= 11 is 0. The number of benzene rings is 4. The van der Waals surface area contributed by atoms with Crippen LogP contribution in [0.25, 0.3) is 22.3 Å². The van der Waals surface area contributed by atoms with Gasteiger partial charge in [0, 0.05) is 17.9 Å². The molecule has 1 aliphatic rings. The van der Waals surface area contributed by atoms with E-state index >= 15 is 0 Å². The smallest absolute Gasteiger partial charge is 0.119 e. The number of nitrogens with zero attached hydrogens (tertiary/aromatic N) is 1. The lowest BCUT2D eigenvalue weighted by Crippen LogP contribution is -2.13. The van der Waals surface area contributed by atoms with Crippen LogP contribution in [-0.2, 0) is 6.42 Å². The van der Waals surface area contributed by atoms with Crippen molar-refractivity contribution < 1.29 is 4.74 Å². The zero-order chi connectivity index (χ0) is 19.6. The van der Waals surface area contributed by atoms with Crippen LogP contribution in [0.3, 0.4) is 0 Å². The van der Waals surface area contributed by atoms with Gasteiger partial charge in [0.1, 0.15) is 5.75 Å². The maximum atomic E-state index is 5.34. The van der Waals surface area contributed by atoms with Crippen LogP contribution >= 0.6 is 0 Å². The highest BCUT2D eigenvalue weighted by Crippen LogP contribution is 2.43. The van der Waals surface area contributed by atoms with Gasteiger partial charge in [-0.3, -0.25) is 0 Å². The van der Waals surface area contributed by atoms with Crippen molar-refractivity contribution in [3.63, 3.8) is 0 Å². The Labute approximate surface area is 172 Å². The van der Waals surface area contributed by atoms with Crippen molar-refractivity contribution in [1.82, 2.24) is 0 Å². The van der Waals surface area contributed by atoms with Gasteiger partial charge in [-0.05, 0) is 70.6 Å². The molecule has 0 saturated carbocycles. The van der Waals surface area contributed by atoms with Crippen LogP contribution in [0.15, 0.2) is 97.1 Å². The third-order valence-electron chi connectivity index (χ3n) is 5.68. The lowest BCUT2D eigenvalue weighted by Gasteiger charge is -2.22. The van der Waals surface area contributed by atoms with E-state index in [2.05, 4.69) is 89.8 Å². The summed E-state index contributed by atoms with van der Waals surface area (Å²) in [6.45, 7) is 0.986. The van der Waals surface area contributed by atoms with Crippen molar-refractivity contribution in [2.75, 3.05) is 18.6 Å². The molecular formula is C27H23NO. The van der Waals surface area contributed by atoms with Gasteiger partial charge in [-0.25, -0.2) is 0 Å². The standard InChI is InChI=1S/C27H23NO/c1-29-24-14-12-23(13-15-24)28-17-16-25-26(21-10-6-3-7-11-21)18-22(19-27(25)28)20-8-4-2-5-9-20/h2-15,18-19H,16-17H2,1H3. The van der Waals surface area contributed by atoms with Gasteiger partial charge in [-0.2, -0.15) is 0 Å². The minimum Gasteiger partial charge on any atom is -0.497 e. The van der Waals surface area contributed by atoms with Crippen LogP contribution in [-0.4, -0.2) is 13.7 Å². The van der Waals surface area contributed by atoms with E-state index in [1.807, 2.05) is 12.1 Å². The fourth-order valence-corrected chi connectivity index (χ4v) is 4.21. The summed E-state index contributed by atoms with van der Waals surface area (Å²) in [5, 5.41) is 0. The summed E-state index contributed by atoms with van der Waals surface area (Å²) in [7, 11) is 1.71. The highest BCUT2D eigenvalue weighted by Gasteiger charge is 2.25. The molecule has 1 heterocycles. The lowest BCUT2D eigenvalue weighted by molar-refractivity contribution is 0.415. The van der Waals surface area contributed by atoms with Crippen LogP contribution in [0.4, 0.5) is 11.4 Å². The van der Waals surface area contributed by atoms with E-state index in [0.717, 1.165) is 18.7 Å². The lowest BCUT2D eigenvalue weighted by atomic mass is 9.93. The molecule has 0 amide bonds. The summed E-state index contributed by atoms with van der Waals surface area (Å²) in [6.07, 6.45) is 1.04. The van der Waals surface area contributed by atoms with Gasteiger partial charge in [0.15, 0.2) is 0 Å². The molecule has 5 rings (SSSR count). The summed E-state index contributed by atoms with van der Waals surface area (Å²) < 4.78 is 5.34. The van der Waals surface area contributed by atoms with Crippen molar-refractivity contribution in [1.29, 1.82) is 0 Å². The molecule has 1 aliphatic heterocycles. The number of hydrogen-bond acceptors (Lipinski definition) is 2. The Bertz CT molecular complexity index is 1120. The second-order valence-corrected chi connectivity index (χ2v) is 7.35. The molecule has 0 atom stereocenters. The third kappa shape index (κ3) is 3.27. The molecule has 0 aromatic heterocycles. The molecule has 0 aliphatic carbocycles. The zero-order valence-corrected chi connectivity index (χ0v) is 16.5. The van der Waals surface area contributed by atoms with Gasteiger partial charge >= 0.3 is 0 Å². The van der Waals surface area contributed by atoms with Gasteiger partial charge in [-0.1, -0.05) is 60.7 Å². The predicted octanol–water partition coefficient (Wildman–Crippen LogP) is 6.72. The van der Waals surface area contributed by atoms with Crippen molar-refractivity contribution in [3.8, 4) is 28.0 Å². The fraction of sp³-hybridized carbons (Fsp3) is 0.111. The first-order valence-corrected chi connectivity index (χ1v) is 10.0. The van der Waals surface area contributed by atoms with E-state index in [1.54, 1.807) is 7.11 Å². The van der Waals surface area contributed by atoms with Gasteiger partial charge < -0.3 is 9.64 Å². The minimum absolute atomic E-state index is 0.885. The minimum atomic E-state index is 0.885. The zero-order valence-electron chi connectivity index (χ0n) is 16.5. The fourth-order valence-electron chi connectivity index (χ4n) is 4.21. The predicted molar refractivity (Wildman–Crippen MR) is 121 cm³/mol. The molecule has 0 unspecified atom stereocenters. The Morgan fingerprint density at radius 1 is 0.690 bits per heavy atom. The molecule has 0 bridgehead atoms. The Balaban J connectivity index is 1.67. The van der Waals surface area contributed by atoms with E-state index in [0.29, 0.717) is 0 Å². The van der Waals surface area contributed by atoms with Gasteiger partial charge in [0.25, 0.3) is 0 Å². The molecule has 29 heavy (non-hydrogen) atoms. The normalized spacial score (nSPS) is 12.7. The monoisotopic (exact) mass is 377 g/mol. The van der Waals surface area contributed by atoms with Gasteiger partial charge in [-0.15, -0.1) is 0 Å². The maximum Gasteiger partial charge on any atom is 0.119 e. The molecule has 142 valence electrons. The maximum absolute atomic E-state index is 5.34. The Hall–Kier alpha value is -3.52. The summed E-state index contributed by atoms with van der Waals surface area (Å²) in [5.41, 5.74) is 9.03. The average Bonchev–Trinajstić information content (AvgIpc) is 3.24. The number of anilines is 2. The summed E-state index contributed by atoms with van der Waals surface area (Å²) in [4.78, 5) is 2.42. The molecule has 0 N–H and O–H groups in total. The van der Waals surface area contributed by atoms with Crippen LogP contribution < -0.4 is 9.64 Å². The topological polar surface area (TPSA) is 12.5 Å². The molecule has 4 aromatic rings. The first-order chi connectivity index (χ1) is 14.3. The van der Waals surface area contributed by atoms with Gasteiger partial charge in [0.2, 0.25) is 0 Å². The molecule has 0 fully saturated rings. The Morgan fingerprint density at radius 3 is 2.00 bits per heavy atom. The van der Waals surface area contributed by atoms with E-state index in [-0.39, 0.29) is 0 Å². The van der Waals surface area contributed by atoms with Crippen molar-refractivity contribution in [3.05, 3.63) is 103 Å². The van der Waals surface area contributed by atoms with Crippen LogP contribution in [0, 0.1) is 0 Å². The second-order valence-electron chi connectivity index (χ2n) is 7.35. The number of fused-ring (bicyclic) bond motifs is 1. The molecule has 4 aromatic carbocycles. The molecule has 0 saturated heterocycles. The van der Waals surface area contributed by atoms with E-state index in [9.17, 15) is 0 Å². The van der Waals surface area contributed by atoms with E-state index < -0.39 is 0 Å². The van der Waals surface area contributed by atoms with Crippen LogP contribution in [0.1, 0.15) is 5.56 Å². The highest BCUT2D eigenvalue weighted by molar-refractivity contribution is 5.86. The third-order valence-corrected chi connectivity index (χ3v) is 5.68. The largest absolute Gasteiger partial charge is 0.497 e. The average molecular weight is 377 g/mol. The number of ether oxygens (including phenoxy) is 1.